The van der Waals surface area contributed by atoms with Gasteiger partial charge in [-0.2, -0.15) is 0 Å². The van der Waals surface area contributed by atoms with Gasteiger partial charge in [-0.25, -0.2) is 0 Å². The molecule has 0 heterocycles. The predicted octanol–water partition coefficient (Wildman–Crippen LogP) is 5.75. The number of aryl methyl sites for hydroxylation is 1. The zero-order valence-electron chi connectivity index (χ0n) is 14.0. The van der Waals surface area contributed by atoms with Crippen LogP contribution in [0.3, 0.4) is 0 Å². The van der Waals surface area contributed by atoms with Crippen LogP contribution in [0.4, 0.5) is 5.69 Å². The van der Waals surface area contributed by atoms with Crippen LogP contribution in [0.5, 0.6) is 0 Å². The molecule has 23 heavy (non-hydrogen) atoms. The lowest BCUT2D eigenvalue weighted by molar-refractivity contribution is 0.104. The largest absolute Gasteiger partial charge is 0.359 e. The SMILES string of the molecule is CCCCC/C(=C/C(=O)c1ccccc1)Nc1cccc(C)c1. The Hall–Kier alpha value is -2.35. The highest BCUT2D eigenvalue weighted by molar-refractivity contribution is 6.05. The van der Waals surface area contributed by atoms with Crippen molar-refractivity contribution >= 4 is 11.5 Å². The number of nitrogens with one attached hydrogen (secondary N) is 1. The van der Waals surface area contributed by atoms with E-state index in [-0.39, 0.29) is 5.78 Å². The number of hydrogen-bond donors (Lipinski definition) is 1. The molecule has 0 aliphatic rings. The molecule has 2 rings (SSSR count). The Balaban J connectivity index is 2.15. The maximum atomic E-state index is 12.4. The lowest BCUT2D eigenvalue weighted by atomic mass is 10.1. The Morgan fingerprint density at radius 1 is 1.04 bits per heavy atom. The van der Waals surface area contributed by atoms with Crippen LogP contribution in [0.1, 0.15) is 48.5 Å². The first-order chi connectivity index (χ1) is 11.2. The first-order valence-electron chi connectivity index (χ1n) is 8.32. The highest BCUT2D eigenvalue weighted by Crippen LogP contribution is 2.17. The lowest BCUT2D eigenvalue weighted by Gasteiger charge is -2.12. The number of carbonyl (C=O) groups excluding carboxylic acids is 1. The number of ketones is 1. The molecular weight excluding hydrogens is 282 g/mol. The van der Waals surface area contributed by atoms with Gasteiger partial charge in [0.2, 0.25) is 0 Å². The van der Waals surface area contributed by atoms with Crippen LogP contribution in [0, 0.1) is 6.92 Å². The topological polar surface area (TPSA) is 29.1 Å². The summed E-state index contributed by atoms with van der Waals surface area (Å²) >= 11 is 0. The first-order valence-corrected chi connectivity index (χ1v) is 8.32. The van der Waals surface area contributed by atoms with E-state index in [2.05, 4.69) is 31.3 Å². The minimum absolute atomic E-state index is 0.0530. The molecule has 0 aliphatic heterocycles. The summed E-state index contributed by atoms with van der Waals surface area (Å²) in [7, 11) is 0. The van der Waals surface area contributed by atoms with Crippen molar-refractivity contribution < 1.29 is 4.79 Å². The minimum Gasteiger partial charge on any atom is -0.359 e. The van der Waals surface area contributed by atoms with E-state index in [4.69, 9.17) is 0 Å². The minimum atomic E-state index is 0.0530. The van der Waals surface area contributed by atoms with Gasteiger partial charge in [0.1, 0.15) is 0 Å². The lowest BCUT2D eigenvalue weighted by Crippen LogP contribution is -2.04. The number of hydrogen-bond acceptors (Lipinski definition) is 2. The summed E-state index contributed by atoms with van der Waals surface area (Å²) in [6, 6.07) is 17.7. The molecule has 0 spiro atoms. The summed E-state index contributed by atoms with van der Waals surface area (Å²) in [4.78, 5) is 12.4. The fourth-order valence-electron chi connectivity index (χ4n) is 2.49. The summed E-state index contributed by atoms with van der Waals surface area (Å²) in [5.74, 6) is 0.0530. The zero-order valence-corrected chi connectivity index (χ0v) is 14.0. The van der Waals surface area contributed by atoms with Crippen molar-refractivity contribution in [3.05, 3.63) is 77.5 Å². The molecule has 0 saturated heterocycles. The van der Waals surface area contributed by atoms with E-state index in [0.717, 1.165) is 29.8 Å². The Morgan fingerprint density at radius 3 is 2.52 bits per heavy atom. The first kappa shape index (κ1) is 17.0. The maximum absolute atomic E-state index is 12.4. The highest BCUT2D eigenvalue weighted by atomic mass is 16.1. The molecule has 0 fully saturated rings. The van der Waals surface area contributed by atoms with E-state index in [9.17, 15) is 4.79 Å². The van der Waals surface area contributed by atoms with Gasteiger partial charge in [-0.15, -0.1) is 0 Å². The van der Waals surface area contributed by atoms with Gasteiger partial charge >= 0.3 is 0 Å². The number of anilines is 1. The predicted molar refractivity (Wildman–Crippen MR) is 97.8 cm³/mol. The molecule has 2 heteroatoms. The van der Waals surface area contributed by atoms with Crippen LogP contribution in [0.25, 0.3) is 0 Å². The number of benzene rings is 2. The van der Waals surface area contributed by atoms with Crippen LogP contribution in [-0.4, -0.2) is 5.78 Å². The molecular formula is C21H25NO. The van der Waals surface area contributed by atoms with Crippen molar-refractivity contribution in [2.24, 2.45) is 0 Å². The van der Waals surface area contributed by atoms with Crippen LogP contribution in [-0.2, 0) is 0 Å². The number of unbranched alkanes of at least 4 members (excludes halogenated alkanes) is 2. The molecule has 0 aliphatic carbocycles. The second-order valence-electron chi connectivity index (χ2n) is 5.85. The summed E-state index contributed by atoms with van der Waals surface area (Å²) in [5.41, 5.74) is 3.95. The van der Waals surface area contributed by atoms with Gasteiger partial charge < -0.3 is 5.32 Å². The van der Waals surface area contributed by atoms with Gasteiger partial charge in [0.25, 0.3) is 0 Å². The van der Waals surface area contributed by atoms with Gasteiger partial charge in [-0.1, -0.05) is 62.2 Å². The van der Waals surface area contributed by atoms with Crippen LogP contribution < -0.4 is 5.32 Å². The van der Waals surface area contributed by atoms with Crippen LogP contribution in [0.15, 0.2) is 66.4 Å². The Bertz CT molecular complexity index is 659. The van der Waals surface area contributed by atoms with E-state index >= 15 is 0 Å². The average molecular weight is 307 g/mol. The Morgan fingerprint density at radius 2 is 1.83 bits per heavy atom. The smallest absolute Gasteiger partial charge is 0.187 e. The van der Waals surface area contributed by atoms with E-state index in [1.165, 1.54) is 18.4 Å². The van der Waals surface area contributed by atoms with Gasteiger partial charge in [0, 0.05) is 23.0 Å². The third-order valence-corrected chi connectivity index (χ3v) is 3.74. The van der Waals surface area contributed by atoms with Crippen molar-refractivity contribution in [1.29, 1.82) is 0 Å². The second-order valence-corrected chi connectivity index (χ2v) is 5.85. The fourth-order valence-corrected chi connectivity index (χ4v) is 2.49. The normalized spacial score (nSPS) is 11.3. The molecule has 2 aromatic carbocycles. The summed E-state index contributed by atoms with van der Waals surface area (Å²) in [6.07, 6.45) is 6.06. The van der Waals surface area contributed by atoms with Crippen molar-refractivity contribution in [2.45, 2.75) is 39.5 Å². The van der Waals surface area contributed by atoms with Gasteiger partial charge in [-0.3, -0.25) is 4.79 Å². The highest BCUT2D eigenvalue weighted by Gasteiger charge is 2.06. The molecule has 1 N–H and O–H groups in total. The quantitative estimate of drug-likeness (QED) is 0.382. The maximum Gasteiger partial charge on any atom is 0.187 e. The Kier molecular flexibility index (Phi) is 6.61. The molecule has 0 amide bonds. The zero-order chi connectivity index (χ0) is 16.5. The average Bonchev–Trinajstić information content (AvgIpc) is 2.56. The fraction of sp³-hybridized carbons (Fsp3) is 0.286. The van der Waals surface area contributed by atoms with E-state index in [1.807, 2.05) is 42.5 Å². The molecule has 0 saturated carbocycles. The molecule has 2 nitrogen and oxygen atoms in total. The molecule has 0 unspecified atom stereocenters. The Labute approximate surface area is 139 Å². The molecule has 0 atom stereocenters. The number of allylic oxidation sites excluding steroid dienone is 2. The summed E-state index contributed by atoms with van der Waals surface area (Å²) < 4.78 is 0. The van der Waals surface area contributed by atoms with E-state index in [0.29, 0.717) is 0 Å². The van der Waals surface area contributed by atoms with Crippen LogP contribution in [0.2, 0.25) is 0 Å². The monoisotopic (exact) mass is 307 g/mol. The number of rotatable bonds is 8. The standard InChI is InChI=1S/C21H25NO/c1-3-4-6-13-20(22-19-14-9-10-17(2)15-19)16-21(23)18-11-7-5-8-12-18/h5,7-12,14-16,22H,3-4,6,13H2,1-2H3/b20-16-. The summed E-state index contributed by atoms with van der Waals surface area (Å²) in [6.45, 7) is 4.26. The molecule has 0 radical (unpaired) electrons. The van der Waals surface area contributed by atoms with Gasteiger partial charge in [0.05, 0.1) is 0 Å². The van der Waals surface area contributed by atoms with Crippen LogP contribution >= 0.6 is 0 Å². The van der Waals surface area contributed by atoms with E-state index in [1.54, 1.807) is 6.08 Å². The van der Waals surface area contributed by atoms with Crippen molar-refractivity contribution in [2.75, 3.05) is 5.32 Å². The third-order valence-electron chi connectivity index (χ3n) is 3.74. The second kappa shape index (κ2) is 8.94. The molecule has 0 bridgehead atoms. The molecule has 2 aromatic rings. The van der Waals surface area contributed by atoms with Crippen molar-refractivity contribution in [3.63, 3.8) is 0 Å². The number of carbonyl (C=O) groups is 1. The van der Waals surface area contributed by atoms with Crippen molar-refractivity contribution in [1.82, 2.24) is 0 Å². The third kappa shape index (κ3) is 5.74. The van der Waals surface area contributed by atoms with Crippen molar-refractivity contribution in [3.8, 4) is 0 Å². The van der Waals surface area contributed by atoms with Gasteiger partial charge in [0.15, 0.2) is 5.78 Å². The molecule has 120 valence electrons. The summed E-state index contributed by atoms with van der Waals surface area (Å²) in [5, 5.41) is 3.42. The van der Waals surface area contributed by atoms with E-state index < -0.39 is 0 Å². The van der Waals surface area contributed by atoms with Gasteiger partial charge in [-0.05, 0) is 37.5 Å². The molecule has 0 aromatic heterocycles.